The maximum Gasteiger partial charge on any atom is 0.254 e. The van der Waals surface area contributed by atoms with Crippen LogP contribution < -0.4 is 14.8 Å². The van der Waals surface area contributed by atoms with E-state index in [4.69, 9.17) is 9.47 Å². The Kier molecular flexibility index (Phi) is 8.46. The second-order valence-corrected chi connectivity index (χ2v) is 9.11. The van der Waals surface area contributed by atoms with E-state index in [1.54, 1.807) is 28.0 Å². The molecule has 2 aromatic rings. The van der Waals surface area contributed by atoms with Gasteiger partial charge in [-0.1, -0.05) is 30.3 Å². The average molecular weight is 494 g/mol. The first-order valence-corrected chi connectivity index (χ1v) is 12.9. The molecule has 0 radical (unpaired) electrons. The monoisotopic (exact) mass is 493 g/mol. The molecule has 36 heavy (non-hydrogen) atoms. The van der Waals surface area contributed by atoms with E-state index in [1.807, 2.05) is 44.2 Å². The van der Waals surface area contributed by atoms with E-state index in [0.29, 0.717) is 62.8 Å². The summed E-state index contributed by atoms with van der Waals surface area (Å²) < 4.78 is 11.3. The number of rotatable bonds is 9. The molecule has 4 rings (SSSR count). The molecule has 0 unspecified atom stereocenters. The highest BCUT2D eigenvalue weighted by Gasteiger charge is 2.42. The van der Waals surface area contributed by atoms with Crippen molar-refractivity contribution in [2.24, 2.45) is 0 Å². The van der Waals surface area contributed by atoms with Crippen molar-refractivity contribution in [3.05, 3.63) is 59.7 Å². The maximum atomic E-state index is 13.6. The Labute approximate surface area is 212 Å². The van der Waals surface area contributed by atoms with E-state index in [0.717, 1.165) is 18.4 Å². The van der Waals surface area contributed by atoms with Crippen molar-refractivity contribution in [2.75, 3.05) is 26.3 Å². The Morgan fingerprint density at radius 2 is 1.47 bits per heavy atom. The third-order valence-electron chi connectivity index (χ3n) is 6.70. The van der Waals surface area contributed by atoms with Gasteiger partial charge in [-0.3, -0.25) is 14.4 Å². The van der Waals surface area contributed by atoms with E-state index in [-0.39, 0.29) is 17.7 Å². The van der Waals surface area contributed by atoms with Gasteiger partial charge >= 0.3 is 0 Å². The molecule has 0 spiro atoms. The van der Waals surface area contributed by atoms with Gasteiger partial charge in [-0.05, 0) is 57.2 Å². The van der Waals surface area contributed by atoms with Gasteiger partial charge in [0.15, 0.2) is 0 Å². The zero-order valence-corrected chi connectivity index (χ0v) is 21.1. The molecule has 2 aliphatic heterocycles. The highest BCUT2D eigenvalue weighted by molar-refractivity contribution is 5.99. The number of hydrogen-bond donors (Lipinski definition) is 1. The van der Waals surface area contributed by atoms with Crippen molar-refractivity contribution >= 4 is 17.7 Å². The number of amides is 3. The smallest absolute Gasteiger partial charge is 0.254 e. The fourth-order valence-electron chi connectivity index (χ4n) is 5.02. The molecule has 0 bridgehead atoms. The number of benzene rings is 2. The maximum absolute atomic E-state index is 13.6. The van der Waals surface area contributed by atoms with Gasteiger partial charge < -0.3 is 24.6 Å². The van der Waals surface area contributed by atoms with Gasteiger partial charge in [0.1, 0.15) is 23.6 Å². The van der Waals surface area contributed by atoms with E-state index < -0.39 is 12.1 Å². The van der Waals surface area contributed by atoms with Crippen LogP contribution in [0, 0.1) is 0 Å². The minimum atomic E-state index is -0.577. The van der Waals surface area contributed by atoms with Gasteiger partial charge in [0.2, 0.25) is 11.8 Å². The van der Waals surface area contributed by atoms with Crippen LogP contribution in [0.3, 0.4) is 0 Å². The minimum absolute atomic E-state index is 0.147. The number of ether oxygens (including phenoxy) is 2. The van der Waals surface area contributed by atoms with Crippen LogP contribution in [-0.4, -0.2) is 65.9 Å². The molecule has 0 aliphatic carbocycles. The molecule has 2 atom stereocenters. The average Bonchev–Trinajstić information content (AvgIpc) is 3.58. The third kappa shape index (κ3) is 5.80. The summed E-state index contributed by atoms with van der Waals surface area (Å²) >= 11 is 0. The van der Waals surface area contributed by atoms with Gasteiger partial charge in [-0.15, -0.1) is 0 Å². The Hall–Kier alpha value is -3.55. The lowest BCUT2D eigenvalue weighted by Gasteiger charge is -2.31. The van der Waals surface area contributed by atoms with Crippen molar-refractivity contribution in [3.63, 3.8) is 0 Å². The summed E-state index contributed by atoms with van der Waals surface area (Å²) in [5.41, 5.74) is 1.44. The summed E-state index contributed by atoms with van der Waals surface area (Å²) in [6.45, 7) is 6.14. The number of carbonyl (C=O) groups is 3. The second kappa shape index (κ2) is 11.9. The lowest BCUT2D eigenvalue weighted by Crippen LogP contribution is -2.52. The summed E-state index contributed by atoms with van der Waals surface area (Å²) in [6, 6.07) is 13.8. The number of carbonyl (C=O) groups excluding carboxylic acids is 3. The Morgan fingerprint density at radius 3 is 2.11 bits per heavy atom. The quantitative estimate of drug-likeness (QED) is 0.579. The molecule has 0 aromatic heterocycles. The molecule has 2 fully saturated rings. The molecule has 0 saturated carbocycles. The first kappa shape index (κ1) is 25.5. The number of hydrogen-bond acceptors (Lipinski definition) is 5. The molecule has 192 valence electrons. The van der Waals surface area contributed by atoms with Crippen LogP contribution in [0.4, 0.5) is 0 Å². The van der Waals surface area contributed by atoms with E-state index in [2.05, 4.69) is 5.32 Å². The predicted molar refractivity (Wildman–Crippen MR) is 136 cm³/mol. The third-order valence-corrected chi connectivity index (χ3v) is 6.70. The van der Waals surface area contributed by atoms with Gasteiger partial charge in [-0.25, -0.2) is 0 Å². The van der Waals surface area contributed by atoms with Crippen LogP contribution in [0.2, 0.25) is 0 Å². The molecule has 8 nitrogen and oxygen atoms in total. The Bertz CT molecular complexity index is 1050. The highest BCUT2D eigenvalue weighted by atomic mass is 16.5. The molecule has 2 aliphatic rings. The largest absolute Gasteiger partial charge is 0.494 e. The van der Waals surface area contributed by atoms with Crippen LogP contribution in [0.25, 0.3) is 0 Å². The SMILES string of the molecule is CCOc1cc(OCC)cc(C(=O)N2CCC[C@@H]2C(=O)N2CCC[C@H]2C(=O)NCc2ccccc2)c1. The van der Waals surface area contributed by atoms with Crippen LogP contribution in [-0.2, 0) is 16.1 Å². The van der Waals surface area contributed by atoms with Gasteiger partial charge in [0.05, 0.1) is 13.2 Å². The molecular weight excluding hydrogens is 458 g/mol. The van der Waals surface area contributed by atoms with Crippen LogP contribution in [0.1, 0.15) is 55.5 Å². The topological polar surface area (TPSA) is 88.2 Å². The predicted octanol–water partition coefficient (Wildman–Crippen LogP) is 3.40. The van der Waals surface area contributed by atoms with Crippen molar-refractivity contribution in [2.45, 2.75) is 58.2 Å². The minimum Gasteiger partial charge on any atom is -0.494 e. The molecule has 2 heterocycles. The number of nitrogens with zero attached hydrogens (tertiary/aromatic N) is 2. The highest BCUT2D eigenvalue weighted by Crippen LogP contribution is 2.29. The first-order valence-electron chi connectivity index (χ1n) is 12.9. The van der Waals surface area contributed by atoms with E-state index >= 15 is 0 Å². The lowest BCUT2D eigenvalue weighted by atomic mass is 10.1. The van der Waals surface area contributed by atoms with E-state index in [1.165, 1.54) is 0 Å². The van der Waals surface area contributed by atoms with Gasteiger partial charge in [0.25, 0.3) is 5.91 Å². The fourth-order valence-corrected chi connectivity index (χ4v) is 5.02. The first-order chi connectivity index (χ1) is 17.5. The zero-order valence-electron chi connectivity index (χ0n) is 21.1. The summed E-state index contributed by atoms with van der Waals surface area (Å²) in [4.78, 5) is 43.4. The van der Waals surface area contributed by atoms with Crippen LogP contribution in [0.5, 0.6) is 11.5 Å². The molecule has 1 N–H and O–H groups in total. The van der Waals surface area contributed by atoms with Gasteiger partial charge in [0, 0.05) is 31.3 Å². The summed E-state index contributed by atoms with van der Waals surface area (Å²) in [7, 11) is 0. The Morgan fingerprint density at radius 1 is 0.861 bits per heavy atom. The molecule has 3 amide bonds. The van der Waals surface area contributed by atoms with E-state index in [9.17, 15) is 14.4 Å². The van der Waals surface area contributed by atoms with Crippen molar-refractivity contribution < 1.29 is 23.9 Å². The van der Waals surface area contributed by atoms with Gasteiger partial charge in [-0.2, -0.15) is 0 Å². The normalized spacial score (nSPS) is 19.3. The summed E-state index contributed by atoms with van der Waals surface area (Å²) in [6.07, 6.45) is 2.72. The number of likely N-dealkylation sites (tertiary alicyclic amines) is 2. The summed E-state index contributed by atoms with van der Waals surface area (Å²) in [5.74, 6) is 0.598. The standard InChI is InChI=1S/C28H35N3O5/c1-3-35-22-16-21(17-23(18-22)36-4-2)27(33)31-15-9-13-25(31)28(34)30-14-8-12-24(30)26(32)29-19-20-10-6-5-7-11-20/h5-7,10-11,16-18,24-25H,3-4,8-9,12-15,19H2,1-2H3,(H,29,32)/t24-,25+/m0/s1. The summed E-state index contributed by atoms with van der Waals surface area (Å²) in [5, 5.41) is 2.97. The molecule has 8 heteroatoms. The van der Waals surface area contributed by atoms with Crippen LogP contribution >= 0.6 is 0 Å². The van der Waals surface area contributed by atoms with Crippen LogP contribution in [0.15, 0.2) is 48.5 Å². The van der Waals surface area contributed by atoms with Crippen molar-refractivity contribution in [1.82, 2.24) is 15.1 Å². The molecule has 2 aromatic carbocycles. The number of nitrogens with one attached hydrogen (secondary N) is 1. The zero-order chi connectivity index (χ0) is 25.5. The fraction of sp³-hybridized carbons (Fsp3) is 0.464. The molecule has 2 saturated heterocycles. The molecular formula is C28H35N3O5. The second-order valence-electron chi connectivity index (χ2n) is 9.11. The Balaban J connectivity index is 1.46. The lowest BCUT2D eigenvalue weighted by molar-refractivity contribution is -0.141. The van der Waals surface area contributed by atoms with Crippen molar-refractivity contribution in [3.8, 4) is 11.5 Å². The van der Waals surface area contributed by atoms with Crippen molar-refractivity contribution in [1.29, 1.82) is 0 Å².